The lowest BCUT2D eigenvalue weighted by Crippen LogP contribution is -2.12. The zero-order valence-corrected chi connectivity index (χ0v) is 8.71. The molecule has 0 saturated carbocycles. The van der Waals surface area contributed by atoms with Crippen molar-refractivity contribution in [2.75, 3.05) is 0 Å². The van der Waals surface area contributed by atoms with E-state index in [1.165, 1.54) is 0 Å². The third-order valence-electron chi connectivity index (χ3n) is 1.69. The van der Waals surface area contributed by atoms with Crippen LogP contribution in [0.15, 0.2) is 6.33 Å². The zero-order valence-electron chi connectivity index (χ0n) is 7.90. The summed E-state index contributed by atoms with van der Waals surface area (Å²) in [4.78, 5) is 4.23. The van der Waals surface area contributed by atoms with E-state index in [1.54, 1.807) is 11.0 Å². The summed E-state index contributed by atoms with van der Waals surface area (Å²) < 4.78 is 1.77. The smallest absolute Gasteiger partial charge is 0.208 e. The lowest BCUT2D eigenvalue weighted by molar-refractivity contribution is 0.486. The first-order valence-electron chi connectivity index (χ1n) is 4.29. The van der Waals surface area contributed by atoms with Crippen LogP contribution < -0.4 is 5.73 Å². The Morgan fingerprint density at radius 1 is 1.69 bits per heavy atom. The molecule has 1 rings (SSSR count). The lowest BCUT2D eigenvalue weighted by Gasteiger charge is -2.02. The molecule has 0 aliphatic heterocycles. The molecule has 2 N–H and O–H groups in total. The van der Waals surface area contributed by atoms with E-state index in [-0.39, 0.29) is 4.99 Å². The van der Waals surface area contributed by atoms with Crippen LogP contribution in [0.5, 0.6) is 0 Å². The molecule has 0 aliphatic rings. The summed E-state index contributed by atoms with van der Waals surface area (Å²) in [5.74, 6) is 1.12. The molecule has 0 aliphatic carbocycles. The predicted octanol–water partition coefficient (Wildman–Crippen LogP) is 0.958. The summed E-state index contributed by atoms with van der Waals surface area (Å²) in [7, 11) is 0. The fourth-order valence-electron chi connectivity index (χ4n) is 0.906. The Morgan fingerprint density at radius 2 is 2.38 bits per heavy atom. The van der Waals surface area contributed by atoms with Gasteiger partial charge in [0.25, 0.3) is 0 Å². The molecular weight excluding hydrogens is 184 g/mol. The molecule has 1 aromatic heterocycles. The van der Waals surface area contributed by atoms with Crippen LogP contribution in [0.2, 0.25) is 0 Å². The van der Waals surface area contributed by atoms with Gasteiger partial charge < -0.3 is 5.73 Å². The molecule has 5 heteroatoms. The number of nitrogens with two attached hydrogens (primary N) is 1. The third-order valence-corrected chi connectivity index (χ3v) is 1.87. The molecule has 0 amide bonds. The molecule has 0 atom stereocenters. The number of rotatable bonds is 4. The molecule has 4 nitrogen and oxygen atoms in total. The van der Waals surface area contributed by atoms with Crippen molar-refractivity contribution in [2.45, 2.75) is 26.8 Å². The summed E-state index contributed by atoms with van der Waals surface area (Å²) >= 11 is 4.75. The maximum atomic E-state index is 5.38. The van der Waals surface area contributed by atoms with Gasteiger partial charge in [-0.15, -0.1) is 5.10 Å². The fraction of sp³-hybridized carbons (Fsp3) is 0.625. The molecule has 1 aromatic rings. The van der Waals surface area contributed by atoms with Crippen LogP contribution in [0.4, 0.5) is 0 Å². The molecule has 0 spiro atoms. The predicted molar refractivity (Wildman–Crippen MR) is 55.4 cm³/mol. The summed E-state index contributed by atoms with van der Waals surface area (Å²) in [6.45, 7) is 5.21. The van der Waals surface area contributed by atoms with Crippen LogP contribution >= 0.6 is 12.2 Å². The van der Waals surface area contributed by atoms with Crippen molar-refractivity contribution < 1.29 is 0 Å². The van der Waals surface area contributed by atoms with Crippen molar-refractivity contribution in [2.24, 2.45) is 11.7 Å². The van der Waals surface area contributed by atoms with E-state index in [0.717, 1.165) is 13.0 Å². The van der Waals surface area contributed by atoms with E-state index in [1.807, 2.05) is 0 Å². The van der Waals surface area contributed by atoms with Crippen molar-refractivity contribution in [3.05, 3.63) is 12.2 Å². The second kappa shape index (κ2) is 4.32. The molecule has 1 heterocycles. The van der Waals surface area contributed by atoms with Gasteiger partial charge >= 0.3 is 0 Å². The van der Waals surface area contributed by atoms with E-state index < -0.39 is 0 Å². The fourth-order valence-corrected chi connectivity index (χ4v) is 0.999. The van der Waals surface area contributed by atoms with Crippen molar-refractivity contribution in [3.8, 4) is 0 Å². The van der Waals surface area contributed by atoms with Crippen LogP contribution in [0.3, 0.4) is 0 Å². The Labute approximate surface area is 83.1 Å². The van der Waals surface area contributed by atoms with Gasteiger partial charge in [0, 0.05) is 6.54 Å². The van der Waals surface area contributed by atoms with Gasteiger partial charge in [-0.3, -0.25) is 4.68 Å². The zero-order chi connectivity index (χ0) is 9.84. The first kappa shape index (κ1) is 10.1. The van der Waals surface area contributed by atoms with E-state index >= 15 is 0 Å². The Bertz CT molecular complexity index is 292. The van der Waals surface area contributed by atoms with E-state index in [0.29, 0.717) is 11.7 Å². The van der Waals surface area contributed by atoms with Crippen molar-refractivity contribution in [1.29, 1.82) is 0 Å². The second-order valence-corrected chi connectivity index (χ2v) is 3.82. The van der Waals surface area contributed by atoms with Gasteiger partial charge in [-0.05, 0) is 12.3 Å². The maximum Gasteiger partial charge on any atom is 0.208 e. The van der Waals surface area contributed by atoms with Crippen LogP contribution in [-0.4, -0.2) is 19.8 Å². The Hall–Kier alpha value is -0.970. The number of thiocarbonyl (C=S) groups is 1. The molecule has 0 aromatic carbocycles. The first-order valence-corrected chi connectivity index (χ1v) is 4.69. The highest BCUT2D eigenvalue weighted by atomic mass is 32.1. The summed E-state index contributed by atoms with van der Waals surface area (Å²) in [6, 6.07) is 0. The minimum absolute atomic E-state index is 0.253. The van der Waals surface area contributed by atoms with Gasteiger partial charge in [0.2, 0.25) is 5.82 Å². The molecule has 0 saturated heterocycles. The molecule has 0 radical (unpaired) electrons. The monoisotopic (exact) mass is 198 g/mol. The number of hydrogen-bond acceptors (Lipinski definition) is 3. The van der Waals surface area contributed by atoms with Gasteiger partial charge in [0.15, 0.2) is 0 Å². The average Bonchev–Trinajstić information content (AvgIpc) is 2.48. The number of aryl methyl sites for hydroxylation is 1. The van der Waals surface area contributed by atoms with Crippen LogP contribution in [0, 0.1) is 5.92 Å². The number of aromatic nitrogens is 3. The van der Waals surface area contributed by atoms with Crippen molar-refractivity contribution >= 4 is 17.2 Å². The molecule has 0 fully saturated rings. The summed E-state index contributed by atoms with van der Waals surface area (Å²) in [6.07, 6.45) is 2.75. The molecule has 72 valence electrons. The third kappa shape index (κ3) is 3.10. The average molecular weight is 198 g/mol. The van der Waals surface area contributed by atoms with E-state index in [2.05, 4.69) is 23.9 Å². The van der Waals surface area contributed by atoms with Crippen LogP contribution in [0.25, 0.3) is 0 Å². The SMILES string of the molecule is CC(C)CCn1cnc(C(N)=S)n1. The van der Waals surface area contributed by atoms with Crippen molar-refractivity contribution in [3.63, 3.8) is 0 Å². The molecule has 13 heavy (non-hydrogen) atoms. The van der Waals surface area contributed by atoms with Gasteiger partial charge in [-0.1, -0.05) is 26.1 Å². The number of nitrogens with zero attached hydrogens (tertiary/aromatic N) is 3. The first-order chi connectivity index (χ1) is 6.09. The Balaban J connectivity index is 2.54. The molecule has 0 bridgehead atoms. The van der Waals surface area contributed by atoms with Gasteiger partial charge in [0.1, 0.15) is 11.3 Å². The van der Waals surface area contributed by atoms with Gasteiger partial charge in [-0.2, -0.15) is 0 Å². The quantitative estimate of drug-likeness (QED) is 0.732. The van der Waals surface area contributed by atoms with Gasteiger partial charge in [-0.25, -0.2) is 4.98 Å². The summed E-state index contributed by atoms with van der Waals surface area (Å²) in [5.41, 5.74) is 5.38. The topological polar surface area (TPSA) is 56.7 Å². The standard InChI is InChI=1S/C8H14N4S/c1-6(2)3-4-12-5-10-8(11-12)7(9)13/h5-6H,3-4H2,1-2H3,(H2,9,13). The molecule has 0 unspecified atom stereocenters. The van der Waals surface area contributed by atoms with Crippen LogP contribution in [-0.2, 0) is 6.54 Å². The highest BCUT2D eigenvalue weighted by Gasteiger charge is 2.03. The second-order valence-electron chi connectivity index (χ2n) is 3.38. The number of hydrogen-bond donors (Lipinski definition) is 1. The van der Waals surface area contributed by atoms with Crippen LogP contribution in [0.1, 0.15) is 26.1 Å². The Morgan fingerprint density at radius 3 is 2.85 bits per heavy atom. The highest BCUT2D eigenvalue weighted by Crippen LogP contribution is 2.01. The Kier molecular flexibility index (Phi) is 3.36. The van der Waals surface area contributed by atoms with Gasteiger partial charge in [0.05, 0.1) is 0 Å². The van der Waals surface area contributed by atoms with E-state index in [4.69, 9.17) is 18.0 Å². The molecular formula is C8H14N4S. The lowest BCUT2D eigenvalue weighted by atomic mass is 10.1. The summed E-state index contributed by atoms with van der Waals surface area (Å²) in [5, 5.41) is 4.12. The van der Waals surface area contributed by atoms with E-state index in [9.17, 15) is 0 Å². The minimum Gasteiger partial charge on any atom is -0.387 e. The largest absolute Gasteiger partial charge is 0.387 e. The maximum absolute atomic E-state index is 5.38. The highest BCUT2D eigenvalue weighted by molar-refractivity contribution is 7.80. The van der Waals surface area contributed by atoms with Crippen molar-refractivity contribution in [1.82, 2.24) is 14.8 Å². The minimum atomic E-state index is 0.253. The normalized spacial score (nSPS) is 10.7.